The number of hydrogen-bond acceptors (Lipinski definition) is 3. The van der Waals surface area contributed by atoms with E-state index in [1.54, 1.807) is 12.1 Å². The fourth-order valence-electron chi connectivity index (χ4n) is 4.52. The molecule has 0 amide bonds. The molecule has 0 saturated carbocycles. The van der Waals surface area contributed by atoms with Crippen molar-refractivity contribution >= 4 is 10.9 Å². The van der Waals surface area contributed by atoms with Gasteiger partial charge in [0, 0.05) is 25.6 Å². The van der Waals surface area contributed by atoms with E-state index < -0.39 is 0 Å². The van der Waals surface area contributed by atoms with Crippen molar-refractivity contribution < 1.29 is 4.39 Å². The van der Waals surface area contributed by atoms with Crippen LogP contribution in [-0.4, -0.2) is 33.6 Å². The third-order valence-electron chi connectivity index (χ3n) is 6.25. The molecule has 4 nitrogen and oxygen atoms in total. The van der Waals surface area contributed by atoms with E-state index in [0.717, 1.165) is 54.9 Å². The number of likely N-dealkylation sites (tertiary alicyclic amines) is 1. The Morgan fingerprint density at radius 3 is 2.57 bits per heavy atom. The smallest absolute Gasteiger partial charge is 0.261 e. The van der Waals surface area contributed by atoms with Gasteiger partial charge in [0.1, 0.15) is 11.6 Å². The lowest BCUT2D eigenvalue weighted by molar-refractivity contribution is 0.129. The van der Waals surface area contributed by atoms with Gasteiger partial charge in [0.05, 0.1) is 10.9 Å². The first-order chi connectivity index (χ1) is 14.5. The molecule has 0 aliphatic carbocycles. The predicted octanol–water partition coefficient (Wildman–Crippen LogP) is 4.89. The Kier molecular flexibility index (Phi) is 6.00. The van der Waals surface area contributed by atoms with Crippen LogP contribution in [0.3, 0.4) is 0 Å². The molecule has 1 aliphatic rings. The Bertz CT molecular complexity index is 1090. The number of aryl methyl sites for hydroxylation is 1. The largest absolute Gasteiger partial charge is 0.301 e. The van der Waals surface area contributed by atoms with Gasteiger partial charge in [-0.15, -0.1) is 0 Å². The maximum Gasteiger partial charge on any atom is 0.261 e. The van der Waals surface area contributed by atoms with Gasteiger partial charge in [-0.2, -0.15) is 0 Å². The van der Waals surface area contributed by atoms with E-state index in [2.05, 4.69) is 25.7 Å². The first-order valence-electron chi connectivity index (χ1n) is 11.0. The summed E-state index contributed by atoms with van der Waals surface area (Å²) < 4.78 is 15.2. The van der Waals surface area contributed by atoms with Gasteiger partial charge in [-0.3, -0.25) is 9.36 Å². The van der Waals surface area contributed by atoms with Crippen LogP contribution in [0.25, 0.3) is 22.0 Å². The molecule has 0 unspecified atom stereocenters. The topological polar surface area (TPSA) is 38.1 Å². The Labute approximate surface area is 177 Å². The van der Waals surface area contributed by atoms with Crippen LogP contribution >= 0.6 is 0 Å². The molecular formula is C25H30FN3O. The monoisotopic (exact) mass is 407 g/mol. The number of benzene rings is 2. The molecule has 0 bridgehead atoms. The number of piperidine rings is 1. The minimum atomic E-state index is -0.265. The fourth-order valence-corrected chi connectivity index (χ4v) is 4.52. The second-order valence-electron chi connectivity index (χ2n) is 8.63. The average Bonchev–Trinajstić information content (AvgIpc) is 2.76. The van der Waals surface area contributed by atoms with Gasteiger partial charge >= 0.3 is 0 Å². The molecule has 1 fully saturated rings. The normalized spacial score (nSPS) is 17.7. The average molecular weight is 408 g/mol. The molecule has 0 N–H and O–H groups in total. The Balaban J connectivity index is 1.72. The highest BCUT2D eigenvalue weighted by molar-refractivity contribution is 5.83. The van der Waals surface area contributed by atoms with E-state index in [0.29, 0.717) is 17.3 Å². The van der Waals surface area contributed by atoms with Gasteiger partial charge in [0.25, 0.3) is 5.56 Å². The van der Waals surface area contributed by atoms with Crippen LogP contribution in [0.5, 0.6) is 0 Å². The summed E-state index contributed by atoms with van der Waals surface area (Å²) in [4.78, 5) is 20.8. The molecule has 2 aromatic carbocycles. The van der Waals surface area contributed by atoms with E-state index in [1.807, 2.05) is 22.8 Å². The zero-order valence-corrected chi connectivity index (χ0v) is 18.1. The number of aromatic nitrogens is 2. The van der Waals surface area contributed by atoms with Crippen LogP contribution in [0.15, 0.2) is 47.3 Å². The van der Waals surface area contributed by atoms with Crippen LogP contribution in [0, 0.1) is 11.7 Å². The molecule has 1 saturated heterocycles. The molecule has 1 atom stereocenters. The first kappa shape index (κ1) is 20.7. The zero-order chi connectivity index (χ0) is 21.3. The van der Waals surface area contributed by atoms with Gasteiger partial charge in [-0.25, -0.2) is 9.37 Å². The van der Waals surface area contributed by atoms with Crippen molar-refractivity contribution in [3.05, 3.63) is 64.5 Å². The molecule has 30 heavy (non-hydrogen) atoms. The standard InChI is InChI=1S/C25H30FN3O/c1-4-24-27-23-12-9-20(19-7-10-21(26)11-8-19)14-22(23)25(30)29(24)16-18-6-5-13-28(15-18)17(2)3/h7-12,14,17-18H,4-6,13,15-16H2,1-3H3/t18-/m0/s1. The number of nitrogens with zero attached hydrogens (tertiary/aromatic N) is 3. The first-order valence-corrected chi connectivity index (χ1v) is 11.0. The third kappa shape index (κ3) is 4.17. The summed E-state index contributed by atoms with van der Waals surface area (Å²) in [6, 6.07) is 12.7. The predicted molar refractivity (Wildman–Crippen MR) is 120 cm³/mol. The SMILES string of the molecule is CCc1nc2ccc(-c3ccc(F)cc3)cc2c(=O)n1C[C@H]1CCCN(C(C)C)C1. The van der Waals surface area contributed by atoms with Gasteiger partial charge in [0.2, 0.25) is 0 Å². The summed E-state index contributed by atoms with van der Waals surface area (Å²) in [5.41, 5.74) is 2.55. The van der Waals surface area contributed by atoms with Crippen molar-refractivity contribution in [3.8, 4) is 11.1 Å². The zero-order valence-electron chi connectivity index (χ0n) is 18.1. The van der Waals surface area contributed by atoms with Crippen LogP contribution in [0.4, 0.5) is 4.39 Å². The molecule has 0 radical (unpaired) electrons. The molecule has 5 heteroatoms. The molecule has 1 aliphatic heterocycles. The molecule has 1 aromatic heterocycles. The van der Waals surface area contributed by atoms with E-state index in [1.165, 1.54) is 18.6 Å². The minimum absolute atomic E-state index is 0.0301. The Morgan fingerprint density at radius 2 is 1.87 bits per heavy atom. The van der Waals surface area contributed by atoms with Gasteiger partial charge in [-0.1, -0.05) is 25.1 Å². The quantitative estimate of drug-likeness (QED) is 0.605. The van der Waals surface area contributed by atoms with Crippen LogP contribution in [0.2, 0.25) is 0 Å². The second-order valence-corrected chi connectivity index (χ2v) is 8.63. The summed E-state index contributed by atoms with van der Waals surface area (Å²) in [5, 5.41) is 0.630. The van der Waals surface area contributed by atoms with Crippen LogP contribution < -0.4 is 5.56 Å². The summed E-state index contributed by atoms with van der Waals surface area (Å²) in [5.74, 6) is 1.05. The van der Waals surface area contributed by atoms with E-state index in [-0.39, 0.29) is 11.4 Å². The molecule has 158 valence electrons. The van der Waals surface area contributed by atoms with Crippen molar-refractivity contribution in [2.75, 3.05) is 13.1 Å². The minimum Gasteiger partial charge on any atom is -0.301 e. The highest BCUT2D eigenvalue weighted by Crippen LogP contribution is 2.24. The molecule has 0 spiro atoms. The van der Waals surface area contributed by atoms with Crippen molar-refractivity contribution in [2.24, 2.45) is 5.92 Å². The van der Waals surface area contributed by atoms with E-state index in [4.69, 9.17) is 4.98 Å². The summed E-state index contributed by atoms with van der Waals surface area (Å²) in [7, 11) is 0. The summed E-state index contributed by atoms with van der Waals surface area (Å²) >= 11 is 0. The lowest BCUT2D eigenvalue weighted by Crippen LogP contribution is -2.42. The third-order valence-corrected chi connectivity index (χ3v) is 6.25. The van der Waals surface area contributed by atoms with Crippen molar-refractivity contribution in [1.82, 2.24) is 14.5 Å². The number of fused-ring (bicyclic) bond motifs is 1. The van der Waals surface area contributed by atoms with Crippen molar-refractivity contribution in [1.29, 1.82) is 0 Å². The lowest BCUT2D eigenvalue weighted by atomic mass is 9.96. The summed E-state index contributed by atoms with van der Waals surface area (Å²) in [6.07, 6.45) is 3.05. The van der Waals surface area contributed by atoms with Crippen LogP contribution in [-0.2, 0) is 13.0 Å². The number of halogens is 1. The van der Waals surface area contributed by atoms with E-state index in [9.17, 15) is 9.18 Å². The van der Waals surface area contributed by atoms with Gasteiger partial charge in [-0.05, 0) is 74.5 Å². The molecule has 4 rings (SSSR count). The fraction of sp³-hybridized carbons (Fsp3) is 0.440. The van der Waals surface area contributed by atoms with Crippen molar-refractivity contribution in [3.63, 3.8) is 0 Å². The highest BCUT2D eigenvalue weighted by atomic mass is 19.1. The Hall–Kier alpha value is -2.53. The summed E-state index contributed by atoms with van der Waals surface area (Å²) in [6.45, 7) is 9.41. The Morgan fingerprint density at radius 1 is 1.13 bits per heavy atom. The van der Waals surface area contributed by atoms with Crippen molar-refractivity contribution in [2.45, 2.75) is 52.6 Å². The molecule has 2 heterocycles. The molecular weight excluding hydrogens is 377 g/mol. The maximum atomic E-state index is 13.5. The van der Waals surface area contributed by atoms with Gasteiger partial charge in [0.15, 0.2) is 0 Å². The second kappa shape index (κ2) is 8.68. The number of rotatable bonds is 5. The van der Waals surface area contributed by atoms with E-state index >= 15 is 0 Å². The lowest BCUT2D eigenvalue weighted by Gasteiger charge is -2.35. The molecule has 3 aromatic rings. The van der Waals surface area contributed by atoms with Gasteiger partial charge < -0.3 is 4.90 Å². The maximum absolute atomic E-state index is 13.5. The number of hydrogen-bond donors (Lipinski definition) is 0. The highest BCUT2D eigenvalue weighted by Gasteiger charge is 2.23. The van der Waals surface area contributed by atoms with Crippen LogP contribution in [0.1, 0.15) is 39.4 Å².